The lowest BCUT2D eigenvalue weighted by molar-refractivity contribution is -0.140. The van der Waals surface area contributed by atoms with Crippen LogP contribution in [0.5, 0.6) is 0 Å². The van der Waals surface area contributed by atoms with E-state index in [1.165, 1.54) is 34.1 Å². The predicted octanol–water partition coefficient (Wildman–Crippen LogP) is 4.52. The van der Waals surface area contributed by atoms with E-state index < -0.39 is 71.6 Å². The van der Waals surface area contributed by atoms with Gasteiger partial charge in [-0.2, -0.15) is 0 Å². The third-order valence-corrected chi connectivity index (χ3v) is 12.6. The Morgan fingerprint density at radius 1 is 0.836 bits per heavy atom. The average molecular weight is 852 g/mol. The van der Waals surface area contributed by atoms with Crippen LogP contribution in [0.15, 0.2) is 36.4 Å². The number of hydrogen-bond donors (Lipinski definition) is 5. The third-order valence-electron chi connectivity index (χ3n) is 12.6. The number of imidazole rings is 1. The maximum absolute atomic E-state index is 15.6. The van der Waals surface area contributed by atoms with E-state index in [-0.39, 0.29) is 68.1 Å². The van der Waals surface area contributed by atoms with E-state index in [0.717, 1.165) is 12.8 Å². The van der Waals surface area contributed by atoms with Crippen molar-refractivity contribution in [3.05, 3.63) is 53.6 Å². The van der Waals surface area contributed by atoms with Crippen molar-refractivity contribution in [3.63, 3.8) is 0 Å². The molecule has 3 aliphatic rings. The third kappa shape index (κ3) is 9.13. The van der Waals surface area contributed by atoms with Crippen molar-refractivity contribution in [1.82, 2.24) is 45.6 Å². The van der Waals surface area contributed by atoms with Crippen LogP contribution in [0.1, 0.15) is 65.9 Å². The normalized spacial score (nSPS) is 22.7. The first kappa shape index (κ1) is 44.0. The topological polar surface area (TPSA) is 156 Å². The molecule has 3 fully saturated rings. The second-order valence-corrected chi connectivity index (χ2v) is 18.2. The molecular weight excluding hydrogens is 795 g/mol. The maximum Gasteiger partial charge on any atom is 0.246 e. The van der Waals surface area contributed by atoms with Crippen molar-refractivity contribution in [2.75, 3.05) is 27.2 Å². The highest BCUT2D eigenvalue weighted by atomic mass is 19.1. The van der Waals surface area contributed by atoms with Crippen LogP contribution >= 0.6 is 0 Å². The molecule has 2 aliphatic heterocycles. The molecular formula is C44H57F4N9O4. The van der Waals surface area contributed by atoms with Gasteiger partial charge >= 0.3 is 0 Å². The molecule has 17 heteroatoms. The number of benzene rings is 2. The van der Waals surface area contributed by atoms with E-state index >= 15 is 8.78 Å². The number of alkyl halides is 2. The van der Waals surface area contributed by atoms with Gasteiger partial charge in [0.1, 0.15) is 36.1 Å². The summed E-state index contributed by atoms with van der Waals surface area (Å²) in [5.41, 5.74) is 1.46. The Hall–Kier alpha value is -5.03. The molecule has 7 rings (SSSR count). The largest absolute Gasteiger partial charge is 0.352 e. The minimum absolute atomic E-state index is 0.0165. The number of halogens is 4. The Morgan fingerprint density at radius 2 is 1.43 bits per heavy atom. The molecule has 2 aromatic heterocycles. The Labute approximate surface area is 352 Å². The standard InChI is InChI=1S/C44H57F4N9O4/c1-22(49-6)40(58)53-36(24-8-9-24)42(60)55-19-27(47)14-29(55)18-32-31-12-10-25(45)16-33(31)51-37(32)39-52-34-17-26(46)11-13-35(34)57(39)21-30-15-28(48)20-56(30)43(61)38(44(3,4)5)54-41(59)23(2)50-7/h10-13,16-17,22-24,27-30,36,38,49-51H,8-9,14-15,18-21H2,1-7H3,(H,53,58)(H,54,59)/t22-,23-,27-,28-,29-,30-,36?,38?/m0/s1. The Kier molecular flexibility index (Phi) is 12.6. The number of nitrogens with zero attached hydrogens (tertiary/aromatic N) is 4. The molecule has 330 valence electrons. The molecule has 1 aliphatic carbocycles. The van der Waals surface area contributed by atoms with Crippen molar-refractivity contribution in [2.45, 2.75) is 122 Å². The van der Waals surface area contributed by atoms with Crippen molar-refractivity contribution < 1.29 is 36.7 Å². The fraction of sp³-hybridized carbons (Fsp3) is 0.568. The van der Waals surface area contributed by atoms with Gasteiger partial charge in [-0.25, -0.2) is 22.5 Å². The molecule has 0 spiro atoms. The zero-order chi connectivity index (χ0) is 44.1. The number of fused-ring (bicyclic) bond motifs is 2. The summed E-state index contributed by atoms with van der Waals surface area (Å²) in [6.07, 6.45) is -1.06. The number of hydrogen-bond acceptors (Lipinski definition) is 7. The summed E-state index contributed by atoms with van der Waals surface area (Å²) in [4.78, 5) is 65.9. The zero-order valence-electron chi connectivity index (χ0n) is 35.8. The maximum atomic E-state index is 15.6. The Balaban J connectivity index is 1.28. The van der Waals surface area contributed by atoms with E-state index in [9.17, 15) is 28.0 Å². The zero-order valence-corrected chi connectivity index (χ0v) is 35.8. The van der Waals surface area contributed by atoms with E-state index in [1.54, 1.807) is 44.6 Å². The van der Waals surface area contributed by atoms with Crippen molar-refractivity contribution in [2.24, 2.45) is 11.3 Å². The lowest BCUT2D eigenvalue weighted by Gasteiger charge is -2.36. The number of carbonyl (C=O) groups excluding carboxylic acids is 4. The van der Waals surface area contributed by atoms with Crippen LogP contribution in [-0.4, -0.2) is 124 Å². The van der Waals surface area contributed by atoms with Gasteiger partial charge in [-0.05, 0) is 94.4 Å². The summed E-state index contributed by atoms with van der Waals surface area (Å²) in [5, 5.41) is 12.1. The number of aromatic nitrogens is 3. The second kappa shape index (κ2) is 17.4. The summed E-state index contributed by atoms with van der Waals surface area (Å²) in [5.74, 6) is -2.35. The summed E-state index contributed by atoms with van der Waals surface area (Å²) in [6.45, 7) is 8.50. The van der Waals surface area contributed by atoms with Crippen LogP contribution in [0.3, 0.4) is 0 Å². The van der Waals surface area contributed by atoms with Gasteiger partial charge in [-0.3, -0.25) is 19.2 Å². The van der Waals surface area contributed by atoms with Crippen molar-refractivity contribution in [1.29, 1.82) is 0 Å². The average Bonchev–Trinajstić information content (AvgIpc) is 3.57. The monoisotopic (exact) mass is 851 g/mol. The van der Waals surface area contributed by atoms with Crippen LogP contribution in [0.2, 0.25) is 0 Å². The molecule has 4 aromatic rings. The molecule has 13 nitrogen and oxygen atoms in total. The van der Waals surface area contributed by atoms with Crippen LogP contribution in [0.25, 0.3) is 33.5 Å². The first-order valence-electron chi connectivity index (χ1n) is 21.2. The van der Waals surface area contributed by atoms with Gasteiger partial charge in [0.2, 0.25) is 23.6 Å². The number of likely N-dealkylation sites (tertiary alicyclic amines) is 2. The highest BCUT2D eigenvalue weighted by Gasteiger charge is 2.46. The molecule has 1 saturated carbocycles. The number of amides is 4. The van der Waals surface area contributed by atoms with Crippen LogP contribution in [0.4, 0.5) is 17.6 Å². The van der Waals surface area contributed by atoms with Crippen LogP contribution < -0.4 is 21.3 Å². The fourth-order valence-corrected chi connectivity index (χ4v) is 8.79. The van der Waals surface area contributed by atoms with E-state index in [0.29, 0.717) is 33.5 Å². The number of carbonyl (C=O) groups is 4. The SMILES string of the molecule is CN[C@@H](C)C(=O)NC(C(=O)N1C[C@@H](F)C[C@H]1Cc1c(-c2nc3cc(F)ccc3n2C[C@@H]2C[C@H](F)CN2C(=O)C(NC(=O)[C@H](C)NC)C(C)(C)C)[nH]c2cc(F)ccc12)C1CC1. The van der Waals surface area contributed by atoms with Crippen LogP contribution in [-0.2, 0) is 32.1 Å². The van der Waals surface area contributed by atoms with Crippen molar-refractivity contribution in [3.8, 4) is 11.5 Å². The summed E-state index contributed by atoms with van der Waals surface area (Å²) >= 11 is 0. The summed E-state index contributed by atoms with van der Waals surface area (Å²) in [7, 11) is 3.28. The van der Waals surface area contributed by atoms with Gasteiger partial charge in [0, 0.05) is 42.4 Å². The minimum atomic E-state index is -1.37. The molecule has 0 bridgehead atoms. The molecule has 8 atom stereocenters. The van der Waals surface area contributed by atoms with Gasteiger partial charge in [-0.1, -0.05) is 20.8 Å². The first-order valence-corrected chi connectivity index (χ1v) is 21.2. The summed E-state index contributed by atoms with van der Waals surface area (Å²) < 4.78 is 62.5. The van der Waals surface area contributed by atoms with Gasteiger partial charge in [-0.15, -0.1) is 0 Å². The number of rotatable bonds is 14. The molecule has 5 N–H and O–H groups in total. The molecule has 2 aromatic carbocycles. The fourth-order valence-electron chi connectivity index (χ4n) is 8.79. The molecule has 4 amide bonds. The number of nitrogens with one attached hydrogen (secondary N) is 5. The highest BCUT2D eigenvalue weighted by molar-refractivity contribution is 5.93. The number of H-pyrrole nitrogens is 1. The molecule has 2 saturated heterocycles. The number of aromatic amines is 1. The van der Waals surface area contributed by atoms with E-state index in [2.05, 4.69) is 26.3 Å². The van der Waals surface area contributed by atoms with Gasteiger partial charge in [0.25, 0.3) is 0 Å². The highest BCUT2D eigenvalue weighted by Crippen LogP contribution is 2.39. The van der Waals surface area contributed by atoms with Gasteiger partial charge < -0.3 is 40.6 Å². The Bertz CT molecular complexity index is 2300. The van der Waals surface area contributed by atoms with Gasteiger partial charge in [0.05, 0.1) is 47.9 Å². The quantitative estimate of drug-likeness (QED) is 0.117. The molecule has 4 heterocycles. The summed E-state index contributed by atoms with van der Waals surface area (Å²) in [6, 6.07) is 4.06. The predicted molar refractivity (Wildman–Crippen MR) is 224 cm³/mol. The van der Waals surface area contributed by atoms with E-state index in [1.807, 2.05) is 20.8 Å². The molecule has 61 heavy (non-hydrogen) atoms. The lowest BCUT2D eigenvalue weighted by Crippen LogP contribution is -2.58. The minimum Gasteiger partial charge on any atom is -0.352 e. The second-order valence-electron chi connectivity index (χ2n) is 18.2. The van der Waals surface area contributed by atoms with Crippen molar-refractivity contribution >= 4 is 45.6 Å². The van der Waals surface area contributed by atoms with Crippen LogP contribution in [0, 0.1) is 23.0 Å². The number of likely N-dealkylation sites (N-methyl/N-ethyl adjacent to an activating group) is 2. The molecule has 2 unspecified atom stereocenters. The van der Waals surface area contributed by atoms with Gasteiger partial charge in [0.15, 0.2) is 5.82 Å². The molecule has 0 radical (unpaired) electrons. The van der Waals surface area contributed by atoms with E-state index in [4.69, 9.17) is 4.98 Å². The lowest BCUT2D eigenvalue weighted by atomic mass is 9.85. The first-order chi connectivity index (χ1) is 28.9. The smallest absolute Gasteiger partial charge is 0.246 e. The Morgan fingerprint density at radius 3 is 2.05 bits per heavy atom.